The number of alkyl halides is 3. The fourth-order valence-electron chi connectivity index (χ4n) is 6.57. The van der Waals surface area contributed by atoms with Crippen LogP contribution in [0, 0.1) is 10.8 Å². The number of sulfonamides is 1. The van der Waals surface area contributed by atoms with E-state index in [1.807, 2.05) is 24.3 Å². The Hall–Kier alpha value is -4.72. The average Bonchev–Trinajstić information content (AvgIpc) is 3.55. The van der Waals surface area contributed by atoms with Crippen molar-refractivity contribution in [3.63, 3.8) is 0 Å². The summed E-state index contributed by atoms with van der Waals surface area (Å²) in [5.74, 6) is -4.52. The Bertz CT molecular complexity index is 1850. The molecule has 0 radical (unpaired) electrons. The van der Waals surface area contributed by atoms with Gasteiger partial charge in [-0.05, 0) is 34.8 Å². The molecule has 0 saturated carbocycles. The number of likely N-dealkylation sites (tertiary alicyclic amines) is 1. The van der Waals surface area contributed by atoms with E-state index in [0.717, 1.165) is 26.6 Å². The molecule has 2 heterocycles. The lowest BCUT2D eigenvalue weighted by molar-refractivity contribution is -0.147. The molecule has 3 rings (SSSR count). The van der Waals surface area contributed by atoms with Gasteiger partial charge in [-0.25, -0.2) is 22.3 Å². The third kappa shape index (κ3) is 14.2. The lowest BCUT2D eigenvalue weighted by Gasteiger charge is -2.37. The first-order chi connectivity index (χ1) is 27.1. The van der Waals surface area contributed by atoms with Crippen molar-refractivity contribution in [2.75, 3.05) is 39.5 Å². The minimum Gasteiger partial charge on any atom is -0.444 e. The number of likely N-dealkylation sites (N-methyl/N-ethyl adjacent to an activating group) is 1. The van der Waals surface area contributed by atoms with Crippen LogP contribution in [-0.4, -0.2) is 134 Å². The van der Waals surface area contributed by atoms with Crippen LogP contribution in [0.3, 0.4) is 0 Å². The number of nitrogens with zero attached hydrogens (tertiary/aromatic N) is 3. The van der Waals surface area contributed by atoms with Gasteiger partial charge in [0.25, 0.3) is 5.91 Å². The van der Waals surface area contributed by atoms with E-state index in [-0.39, 0.29) is 32.6 Å². The SMILES string of the molecule is C=CCNC(=O)C(=O)C(CCC(F)(F)F)NC(=O)[C@@H]1C[C@@H](OC(=O)N2CCc3ccccc3C2)CN1C(=O)[C@@H](NC(=O)N[C@H](CN(C)S(C)(=O)=O)C(C)(C)C)C(C)(C)C. The molecule has 0 bridgehead atoms. The Labute approximate surface area is 344 Å². The third-order valence-corrected chi connectivity index (χ3v) is 11.5. The second-order valence-corrected chi connectivity index (χ2v) is 19.2. The minimum absolute atomic E-state index is 0.103. The topological polar surface area (TPSA) is 204 Å². The quantitative estimate of drug-likeness (QED) is 0.151. The van der Waals surface area contributed by atoms with Crippen molar-refractivity contribution in [1.29, 1.82) is 0 Å². The number of hydrogen-bond acceptors (Lipinski definition) is 9. The van der Waals surface area contributed by atoms with Crippen LogP contribution in [0.15, 0.2) is 36.9 Å². The summed E-state index contributed by atoms with van der Waals surface area (Å²) in [6.45, 7) is 13.6. The van der Waals surface area contributed by atoms with Crippen LogP contribution >= 0.6 is 0 Å². The number of amides is 6. The maximum absolute atomic E-state index is 14.6. The highest BCUT2D eigenvalue weighted by Gasteiger charge is 2.48. The van der Waals surface area contributed by atoms with E-state index in [1.54, 1.807) is 41.5 Å². The van der Waals surface area contributed by atoms with Crippen molar-refractivity contribution in [1.82, 2.24) is 35.4 Å². The van der Waals surface area contributed by atoms with Gasteiger partial charge in [0.1, 0.15) is 18.2 Å². The first kappa shape index (κ1) is 48.6. The van der Waals surface area contributed by atoms with Gasteiger partial charge in [-0.1, -0.05) is 71.9 Å². The van der Waals surface area contributed by atoms with E-state index in [2.05, 4.69) is 27.8 Å². The number of nitrogens with one attached hydrogen (secondary N) is 4. The number of ether oxygens (including phenoxy) is 1. The molecule has 4 N–H and O–H groups in total. The fourth-order valence-corrected chi connectivity index (χ4v) is 6.99. The highest BCUT2D eigenvalue weighted by molar-refractivity contribution is 7.88. The zero-order chi connectivity index (χ0) is 44.7. The second-order valence-electron chi connectivity index (χ2n) is 17.1. The molecule has 0 aliphatic carbocycles. The monoisotopic (exact) mass is 857 g/mol. The average molecular weight is 858 g/mol. The molecule has 1 aromatic carbocycles. The molecule has 16 nitrogen and oxygen atoms in total. The zero-order valence-electron chi connectivity index (χ0n) is 34.9. The highest BCUT2D eigenvalue weighted by Crippen LogP contribution is 2.30. The number of benzene rings is 1. The van der Waals surface area contributed by atoms with E-state index < -0.39 is 106 Å². The van der Waals surface area contributed by atoms with Gasteiger partial charge in [-0.3, -0.25) is 19.2 Å². The van der Waals surface area contributed by atoms with Crippen molar-refractivity contribution in [3.8, 4) is 0 Å². The van der Waals surface area contributed by atoms with E-state index in [9.17, 15) is 50.4 Å². The molecule has 1 fully saturated rings. The van der Waals surface area contributed by atoms with Crippen molar-refractivity contribution in [2.45, 2.75) is 110 Å². The van der Waals surface area contributed by atoms with Crippen molar-refractivity contribution < 1.29 is 55.1 Å². The lowest BCUT2D eigenvalue weighted by atomic mass is 9.85. The molecule has 20 heteroatoms. The number of urea groups is 1. The van der Waals surface area contributed by atoms with Gasteiger partial charge in [0.2, 0.25) is 27.6 Å². The summed E-state index contributed by atoms with van der Waals surface area (Å²) in [5.41, 5.74) is 0.281. The molecule has 1 unspecified atom stereocenters. The Morgan fingerprint density at radius 2 is 1.61 bits per heavy atom. The number of ketones is 1. The molecule has 6 amide bonds. The van der Waals surface area contributed by atoms with Gasteiger partial charge in [-0.2, -0.15) is 13.2 Å². The molecule has 1 aromatic rings. The number of fused-ring (bicyclic) bond motifs is 1. The van der Waals surface area contributed by atoms with Crippen LogP contribution in [0.1, 0.15) is 71.9 Å². The summed E-state index contributed by atoms with van der Waals surface area (Å²) in [4.78, 5) is 83.8. The molecule has 5 atom stereocenters. The molecule has 0 spiro atoms. The standard InChI is InChI=1S/C39H58F3N7O9S/c1-10-18-43-33(52)30(50)27(15-17-39(40,41)42)44-32(51)28-20-26(58-36(55)48-19-16-24-13-11-12-14-25(24)21-48)22-49(28)34(53)31(38(5,6)7)46-35(54)45-29(37(2,3)4)23-47(8)59(9,56)57/h10-14,26-29,31H,1,15-23H2,2-9H3,(H,43,52)(H,44,51)(H2,45,46,54)/t26-,27?,28+,29-,31-/m1/s1. The smallest absolute Gasteiger partial charge is 0.410 e. The van der Waals surface area contributed by atoms with Crippen LogP contribution in [0.4, 0.5) is 22.8 Å². The molecular formula is C39H58F3N7O9S. The molecule has 59 heavy (non-hydrogen) atoms. The maximum Gasteiger partial charge on any atom is 0.410 e. The first-order valence-corrected chi connectivity index (χ1v) is 21.1. The third-order valence-electron chi connectivity index (χ3n) is 10.2. The van der Waals surface area contributed by atoms with Gasteiger partial charge in [-0.15, -0.1) is 6.58 Å². The molecule has 1 saturated heterocycles. The van der Waals surface area contributed by atoms with Gasteiger partial charge in [0.05, 0.1) is 18.8 Å². The van der Waals surface area contributed by atoms with Gasteiger partial charge in [0, 0.05) is 52.1 Å². The Morgan fingerprint density at radius 3 is 2.17 bits per heavy atom. The van der Waals surface area contributed by atoms with Gasteiger partial charge >= 0.3 is 18.3 Å². The van der Waals surface area contributed by atoms with Gasteiger partial charge in [0.15, 0.2) is 0 Å². The van der Waals surface area contributed by atoms with E-state index in [0.29, 0.717) is 13.0 Å². The molecule has 2 aliphatic heterocycles. The Kier molecular flexibility index (Phi) is 16.1. The predicted octanol–water partition coefficient (Wildman–Crippen LogP) is 2.87. The fraction of sp³-hybridized carbons (Fsp3) is 0.641. The first-order valence-electron chi connectivity index (χ1n) is 19.2. The summed E-state index contributed by atoms with van der Waals surface area (Å²) in [6, 6.07) is 1.14. The Balaban J connectivity index is 1.95. The van der Waals surface area contributed by atoms with E-state index >= 15 is 0 Å². The normalized spacial score (nSPS) is 18.8. The van der Waals surface area contributed by atoms with Crippen molar-refractivity contribution >= 4 is 45.7 Å². The van der Waals surface area contributed by atoms with Gasteiger partial charge < -0.3 is 35.8 Å². The zero-order valence-corrected chi connectivity index (χ0v) is 35.7. The summed E-state index contributed by atoms with van der Waals surface area (Å²) in [5, 5.41) is 9.84. The number of carbonyl (C=O) groups excluding carboxylic acids is 6. The number of halogens is 3. The highest BCUT2D eigenvalue weighted by atomic mass is 32.2. The number of hydrogen-bond donors (Lipinski definition) is 4. The van der Waals surface area contributed by atoms with Crippen molar-refractivity contribution in [3.05, 3.63) is 48.0 Å². The minimum atomic E-state index is -4.75. The summed E-state index contributed by atoms with van der Waals surface area (Å²) in [7, 11) is -2.27. The van der Waals surface area contributed by atoms with Crippen LogP contribution in [0.25, 0.3) is 0 Å². The summed E-state index contributed by atoms with van der Waals surface area (Å²) < 4.78 is 71.3. The molecule has 0 aromatic heterocycles. The Morgan fingerprint density at radius 1 is 0.983 bits per heavy atom. The summed E-state index contributed by atoms with van der Waals surface area (Å²) in [6.07, 6.45) is -6.60. The summed E-state index contributed by atoms with van der Waals surface area (Å²) >= 11 is 0. The van der Waals surface area contributed by atoms with E-state index in [4.69, 9.17) is 4.74 Å². The lowest BCUT2D eigenvalue weighted by Crippen LogP contribution is -2.62. The molecule has 330 valence electrons. The number of rotatable bonds is 15. The molecular weight excluding hydrogens is 800 g/mol. The largest absolute Gasteiger partial charge is 0.444 e. The van der Waals surface area contributed by atoms with Crippen LogP contribution in [0.5, 0.6) is 0 Å². The van der Waals surface area contributed by atoms with Crippen LogP contribution in [0.2, 0.25) is 0 Å². The van der Waals surface area contributed by atoms with Crippen LogP contribution in [-0.2, 0) is 46.9 Å². The predicted molar refractivity (Wildman–Crippen MR) is 212 cm³/mol. The maximum atomic E-state index is 14.6. The molecule has 2 aliphatic rings. The van der Waals surface area contributed by atoms with Crippen LogP contribution < -0.4 is 21.3 Å². The number of Topliss-reactive ketones (excluding diaryl/α,β-unsaturated/α-hetero) is 1. The second kappa shape index (κ2) is 19.6. The number of carbonyl (C=O) groups is 6. The van der Waals surface area contributed by atoms with Crippen molar-refractivity contribution in [2.24, 2.45) is 10.8 Å². The van der Waals surface area contributed by atoms with E-state index in [1.165, 1.54) is 18.0 Å².